The van der Waals surface area contributed by atoms with Gasteiger partial charge in [-0.05, 0) is 51.6 Å². The van der Waals surface area contributed by atoms with Crippen LogP contribution in [0.1, 0.15) is 42.9 Å². The molecule has 2 unspecified atom stereocenters. The van der Waals surface area contributed by atoms with Crippen LogP contribution < -0.4 is 10.6 Å². The lowest BCUT2D eigenvalue weighted by molar-refractivity contribution is -0.124. The number of hydrogen-bond donors (Lipinski definition) is 2. The van der Waals surface area contributed by atoms with Crippen LogP contribution in [0.2, 0.25) is 0 Å². The number of carbonyl (C=O) groups excluding carboxylic acids is 1. The lowest BCUT2D eigenvalue weighted by Crippen LogP contribution is -2.34. The average Bonchev–Trinajstić information content (AvgIpc) is 2.89. The number of aryl methyl sites for hydroxylation is 1. The molecule has 1 saturated heterocycles. The monoisotopic (exact) mass is 351 g/mol. The molecule has 2 fully saturated rings. The fraction of sp³-hybridized carbons (Fsp3) is 0.714. The van der Waals surface area contributed by atoms with E-state index in [-0.39, 0.29) is 42.7 Å². The number of halogens is 2. The highest BCUT2D eigenvalue weighted by Crippen LogP contribution is 2.58. The molecule has 21 heavy (non-hydrogen) atoms. The molecule has 1 spiro atoms. The number of thiazole rings is 1. The number of piperidine rings is 1. The molecule has 1 aliphatic carbocycles. The third-order valence-electron chi connectivity index (χ3n) is 4.54. The SMILES string of the molecule is Cc1nc(C(C)NC(=O)C2CC23CCNCC3)cs1.Cl.Cl. The highest BCUT2D eigenvalue weighted by Gasteiger charge is 2.57. The van der Waals surface area contributed by atoms with Gasteiger partial charge in [0, 0.05) is 11.3 Å². The Hall–Kier alpha value is -0.360. The molecule has 120 valence electrons. The molecule has 1 aliphatic heterocycles. The smallest absolute Gasteiger partial charge is 0.224 e. The first kappa shape index (κ1) is 18.7. The van der Waals surface area contributed by atoms with E-state index in [0.717, 1.165) is 43.1 Å². The van der Waals surface area contributed by atoms with Gasteiger partial charge in [0.2, 0.25) is 5.91 Å². The average molecular weight is 352 g/mol. The molecule has 0 radical (unpaired) electrons. The summed E-state index contributed by atoms with van der Waals surface area (Å²) in [6.45, 7) is 6.13. The van der Waals surface area contributed by atoms with Gasteiger partial charge in [-0.15, -0.1) is 36.2 Å². The van der Waals surface area contributed by atoms with Crippen molar-refractivity contribution in [2.75, 3.05) is 13.1 Å². The van der Waals surface area contributed by atoms with Gasteiger partial charge in [0.05, 0.1) is 16.7 Å². The first-order valence-electron chi connectivity index (χ1n) is 7.04. The Morgan fingerprint density at radius 1 is 1.48 bits per heavy atom. The van der Waals surface area contributed by atoms with Crippen LogP contribution >= 0.6 is 36.2 Å². The highest BCUT2D eigenvalue weighted by atomic mass is 35.5. The van der Waals surface area contributed by atoms with Crippen molar-refractivity contribution in [3.05, 3.63) is 16.1 Å². The number of rotatable bonds is 3. The lowest BCUT2D eigenvalue weighted by atomic mass is 9.91. The molecule has 1 aromatic heterocycles. The maximum atomic E-state index is 12.3. The van der Waals surface area contributed by atoms with Gasteiger partial charge in [-0.3, -0.25) is 4.79 Å². The standard InChI is InChI=1S/C14H21N3OS.2ClH/c1-9(12-8-19-10(2)17-12)16-13(18)11-7-14(11)3-5-15-6-4-14;;/h8-9,11,15H,3-7H2,1-2H3,(H,16,18);2*1H. The van der Waals surface area contributed by atoms with Gasteiger partial charge < -0.3 is 10.6 Å². The predicted octanol–water partition coefficient (Wildman–Crippen LogP) is 2.86. The van der Waals surface area contributed by atoms with Gasteiger partial charge in [0.25, 0.3) is 0 Å². The van der Waals surface area contributed by atoms with Crippen molar-refractivity contribution in [2.45, 2.75) is 39.2 Å². The fourth-order valence-electron chi connectivity index (χ4n) is 3.16. The number of nitrogens with one attached hydrogen (secondary N) is 2. The third-order valence-corrected chi connectivity index (χ3v) is 5.34. The molecule has 0 aromatic carbocycles. The third kappa shape index (κ3) is 3.89. The van der Waals surface area contributed by atoms with Crippen LogP contribution in [0, 0.1) is 18.3 Å². The Morgan fingerprint density at radius 3 is 2.71 bits per heavy atom. The van der Waals surface area contributed by atoms with E-state index in [1.54, 1.807) is 11.3 Å². The largest absolute Gasteiger partial charge is 0.348 e. The van der Waals surface area contributed by atoms with Gasteiger partial charge in [0.15, 0.2) is 0 Å². The zero-order valence-corrected chi connectivity index (χ0v) is 14.8. The number of amides is 1. The molecular formula is C14H23Cl2N3OS. The van der Waals surface area contributed by atoms with Crippen LogP contribution in [0.4, 0.5) is 0 Å². The summed E-state index contributed by atoms with van der Waals surface area (Å²) in [7, 11) is 0. The Morgan fingerprint density at radius 2 is 2.14 bits per heavy atom. The van der Waals surface area contributed by atoms with Crippen molar-refractivity contribution in [1.82, 2.24) is 15.6 Å². The molecule has 0 bridgehead atoms. The number of aromatic nitrogens is 1. The summed E-state index contributed by atoms with van der Waals surface area (Å²) in [4.78, 5) is 16.8. The molecule has 2 aliphatic rings. The minimum Gasteiger partial charge on any atom is -0.348 e. The number of carbonyl (C=O) groups is 1. The van der Waals surface area contributed by atoms with Gasteiger partial charge >= 0.3 is 0 Å². The first-order chi connectivity index (χ1) is 9.11. The van der Waals surface area contributed by atoms with E-state index in [9.17, 15) is 4.79 Å². The maximum Gasteiger partial charge on any atom is 0.224 e. The second-order valence-corrected chi connectivity index (χ2v) is 6.95. The number of hydrogen-bond acceptors (Lipinski definition) is 4. The summed E-state index contributed by atoms with van der Waals surface area (Å²) in [6, 6.07) is 0.0248. The Labute approximate surface area is 142 Å². The molecule has 1 aromatic rings. The second-order valence-electron chi connectivity index (χ2n) is 5.89. The van der Waals surface area contributed by atoms with Crippen molar-refractivity contribution < 1.29 is 4.79 Å². The topological polar surface area (TPSA) is 54.0 Å². The van der Waals surface area contributed by atoms with Crippen molar-refractivity contribution >= 4 is 42.1 Å². The summed E-state index contributed by atoms with van der Waals surface area (Å²) in [6.07, 6.45) is 3.37. The molecule has 1 amide bonds. The predicted molar refractivity (Wildman–Crippen MR) is 90.5 cm³/mol. The van der Waals surface area contributed by atoms with Crippen LogP contribution in [0.3, 0.4) is 0 Å². The van der Waals surface area contributed by atoms with E-state index in [1.165, 1.54) is 0 Å². The molecule has 1 saturated carbocycles. The second kappa shape index (κ2) is 7.27. The molecule has 4 nitrogen and oxygen atoms in total. The summed E-state index contributed by atoms with van der Waals surface area (Å²) in [5, 5.41) is 9.59. The molecular weight excluding hydrogens is 329 g/mol. The van der Waals surface area contributed by atoms with Crippen LogP contribution in [-0.2, 0) is 4.79 Å². The molecule has 2 heterocycles. The zero-order valence-electron chi connectivity index (χ0n) is 12.3. The molecule has 3 rings (SSSR count). The van der Waals surface area contributed by atoms with Crippen LogP contribution in [-0.4, -0.2) is 24.0 Å². The summed E-state index contributed by atoms with van der Waals surface area (Å²) in [5.74, 6) is 0.455. The van der Waals surface area contributed by atoms with Crippen LogP contribution in [0.15, 0.2) is 5.38 Å². The fourth-order valence-corrected chi connectivity index (χ4v) is 3.87. The highest BCUT2D eigenvalue weighted by molar-refractivity contribution is 7.09. The number of nitrogens with zero attached hydrogens (tertiary/aromatic N) is 1. The Balaban J connectivity index is 0.00000110. The van der Waals surface area contributed by atoms with E-state index < -0.39 is 0 Å². The van der Waals surface area contributed by atoms with Gasteiger partial charge in [-0.1, -0.05) is 0 Å². The molecule has 7 heteroatoms. The van der Waals surface area contributed by atoms with E-state index in [2.05, 4.69) is 15.6 Å². The quantitative estimate of drug-likeness (QED) is 0.880. The summed E-state index contributed by atoms with van der Waals surface area (Å²) in [5.41, 5.74) is 1.29. The minimum atomic E-state index is 0. The zero-order chi connectivity index (χ0) is 13.5. The van der Waals surface area contributed by atoms with E-state index in [4.69, 9.17) is 0 Å². The van der Waals surface area contributed by atoms with Crippen molar-refractivity contribution in [2.24, 2.45) is 11.3 Å². The van der Waals surface area contributed by atoms with Crippen molar-refractivity contribution in [3.63, 3.8) is 0 Å². The van der Waals surface area contributed by atoms with Gasteiger partial charge in [-0.25, -0.2) is 4.98 Å². The molecule has 2 atom stereocenters. The first-order valence-corrected chi connectivity index (χ1v) is 7.92. The maximum absolute atomic E-state index is 12.3. The Kier molecular flexibility index (Phi) is 6.47. The van der Waals surface area contributed by atoms with Crippen LogP contribution in [0.25, 0.3) is 0 Å². The van der Waals surface area contributed by atoms with Crippen molar-refractivity contribution in [1.29, 1.82) is 0 Å². The lowest BCUT2D eigenvalue weighted by Gasteiger charge is -2.23. The van der Waals surface area contributed by atoms with Crippen molar-refractivity contribution in [3.8, 4) is 0 Å². The Bertz CT molecular complexity index is 488. The summed E-state index contributed by atoms with van der Waals surface area (Å²) >= 11 is 1.63. The van der Waals surface area contributed by atoms with E-state index >= 15 is 0 Å². The molecule has 2 N–H and O–H groups in total. The minimum absolute atomic E-state index is 0. The normalized spacial score (nSPS) is 23.6. The summed E-state index contributed by atoms with van der Waals surface area (Å²) < 4.78 is 0. The van der Waals surface area contributed by atoms with Crippen LogP contribution in [0.5, 0.6) is 0 Å². The van der Waals surface area contributed by atoms with Gasteiger partial charge in [-0.2, -0.15) is 0 Å². The van der Waals surface area contributed by atoms with Gasteiger partial charge in [0.1, 0.15) is 0 Å². The van der Waals surface area contributed by atoms with E-state index in [0.29, 0.717) is 5.41 Å². The van der Waals surface area contributed by atoms with E-state index in [1.807, 2.05) is 19.2 Å².